The Morgan fingerprint density at radius 3 is 2.55 bits per heavy atom. The molecule has 0 unspecified atom stereocenters. The summed E-state index contributed by atoms with van der Waals surface area (Å²) in [5, 5.41) is 9.59. The SMILES string of the molecule is O=C(O)Cc1c(Cc2ccco2)nc2c(Cc3cccc(F)c3)nc(-c3ccccc3)cn12. The van der Waals surface area contributed by atoms with Crippen LogP contribution in [0.4, 0.5) is 4.39 Å². The summed E-state index contributed by atoms with van der Waals surface area (Å²) in [6.07, 6.45) is 3.90. The van der Waals surface area contributed by atoms with Crippen molar-refractivity contribution >= 4 is 11.6 Å². The van der Waals surface area contributed by atoms with E-state index in [-0.39, 0.29) is 12.2 Å². The van der Waals surface area contributed by atoms with Crippen LogP contribution in [0.25, 0.3) is 16.9 Å². The number of carboxylic acid groups (broad SMARTS) is 1. The third-order valence-electron chi connectivity index (χ3n) is 5.43. The molecule has 0 aliphatic rings. The lowest BCUT2D eigenvalue weighted by atomic mass is 10.1. The van der Waals surface area contributed by atoms with Gasteiger partial charge in [0.1, 0.15) is 11.6 Å². The molecule has 0 aliphatic heterocycles. The van der Waals surface area contributed by atoms with Gasteiger partial charge in [-0.1, -0.05) is 42.5 Å². The lowest BCUT2D eigenvalue weighted by molar-refractivity contribution is -0.136. The minimum Gasteiger partial charge on any atom is -0.481 e. The molecular weight excluding hydrogens is 421 g/mol. The minimum atomic E-state index is -0.956. The van der Waals surface area contributed by atoms with Gasteiger partial charge in [-0.05, 0) is 29.8 Å². The van der Waals surface area contributed by atoms with E-state index in [9.17, 15) is 14.3 Å². The van der Waals surface area contributed by atoms with Crippen molar-refractivity contribution in [1.29, 1.82) is 0 Å². The quantitative estimate of drug-likeness (QED) is 0.387. The normalized spacial score (nSPS) is 11.2. The molecule has 33 heavy (non-hydrogen) atoms. The van der Waals surface area contributed by atoms with Gasteiger partial charge in [-0.15, -0.1) is 0 Å². The van der Waals surface area contributed by atoms with Crippen LogP contribution in [-0.4, -0.2) is 25.4 Å². The van der Waals surface area contributed by atoms with Gasteiger partial charge in [0.2, 0.25) is 0 Å². The zero-order chi connectivity index (χ0) is 22.8. The van der Waals surface area contributed by atoms with E-state index in [1.165, 1.54) is 12.1 Å². The summed E-state index contributed by atoms with van der Waals surface area (Å²) in [6, 6.07) is 19.6. The second kappa shape index (κ2) is 8.70. The topological polar surface area (TPSA) is 80.6 Å². The van der Waals surface area contributed by atoms with Crippen molar-refractivity contribution in [2.24, 2.45) is 0 Å². The number of rotatable bonds is 7. The first-order chi connectivity index (χ1) is 16.1. The van der Waals surface area contributed by atoms with Crippen LogP contribution in [0, 0.1) is 5.82 Å². The third kappa shape index (κ3) is 4.39. The van der Waals surface area contributed by atoms with E-state index < -0.39 is 5.97 Å². The van der Waals surface area contributed by atoms with Gasteiger partial charge in [0, 0.05) is 18.2 Å². The van der Waals surface area contributed by atoms with Gasteiger partial charge in [0.25, 0.3) is 0 Å². The molecule has 3 heterocycles. The van der Waals surface area contributed by atoms with Gasteiger partial charge in [-0.3, -0.25) is 9.20 Å². The van der Waals surface area contributed by atoms with Crippen molar-refractivity contribution in [3.8, 4) is 11.3 Å². The molecule has 0 amide bonds. The van der Waals surface area contributed by atoms with Crippen LogP contribution >= 0.6 is 0 Å². The van der Waals surface area contributed by atoms with Gasteiger partial charge >= 0.3 is 5.97 Å². The Kier molecular flexibility index (Phi) is 5.44. The van der Waals surface area contributed by atoms with E-state index >= 15 is 0 Å². The van der Waals surface area contributed by atoms with Crippen molar-refractivity contribution in [2.75, 3.05) is 0 Å². The van der Waals surface area contributed by atoms with Crippen LogP contribution in [0.1, 0.15) is 28.4 Å². The molecule has 164 valence electrons. The van der Waals surface area contributed by atoms with Crippen LogP contribution in [0.5, 0.6) is 0 Å². The summed E-state index contributed by atoms with van der Waals surface area (Å²) < 4.78 is 21.1. The maximum atomic E-state index is 13.8. The zero-order valence-electron chi connectivity index (χ0n) is 17.6. The molecule has 6 nitrogen and oxygen atoms in total. The fourth-order valence-corrected chi connectivity index (χ4v) is 3.96. The highest BCUT2D eigenvalue weighted by molar-refractivity contribution is 5.71. The van der Waals surface area contributed by atoms with Crippen LogP contribution in [0.2, 0.25) is 0 Å². The molecule has 2 aromatic carbocycles. The smallest absolute Gasteiger partial charge is 0.309 e. The summed E-state index contributed by atoms with van der Waals surface area (Å²) >= 11 is 0. The highest BCUT2D eigenvalue weighted by Gasteiger charge is 2.21. The van der Waals surface area contributed by atoms with E-state index in [2.05, 4.69) is 0 Å². The highest BCUT2D eigenvalue weighted by atomic mass is 19.1. The monoisotopic (exact) mass is 441 g/mol. The predicted molar refractivity (Wildman–Crippen MR) is 120 cm³/mol. The molecule has 5 aromatic rings. The number of fused-ring (bicyclic) bond motifs is 1. The number of carboxylic acids is 1. The minimum absolute atomic E-state index is 0.200. The number of benzene rings is 2. The standard InChI is InChI=1S/C26H20FN3O3/c27-19-9-4-6-17(12-19)13-22-26-29-21(14-20-10-5-11-33-20)24(15-25(31)32)30(26)16-23(28-22)18-7-2-1-3-8-18/h1-12,16H,13-15H2,(H,31,32). The maximum absolute atomic E-state index is 13.8. The van der Waals surface area contributed by atoms with Gasteiger partial charge in [0.05, 0.1) is 41.9 Å². The molecule has 3 aromatic heterocycles. The Morgan fingerprint density at radius 2 is 1.82 bits per heavy atom. The number of halogens is 1. The number of hydrogen-bond acceptors (Lipinski definition) is 4. The summed E-state index contributed by atoms with van der Waals surface area (Å²) in [4.78, 5) is 21.3. The van der Waals surface area contributed by atoms with Crippen LogP contribution in [0.15, 0.2) is 83.6 Å². The zero-order valence-corrected chi connectivity index (χ0v) is 17.6. The Morgan fingerprint density at radius 1 is 0.970 bits per heavy atom. The Labute approximate surface area is 189 Å². The Balaban J connectivity index is 1.72. The number of carbonyl (C=O) groups is 1. The molecule has 0 spiro atoms. The molecular formula is C26H20FN3O3. The Bertz CT molecular complexity index is 1430. The predicted octanol–water partition coefficient (Wildman–Crippen LogP) is 4.94. The molecule has 0 fully saturated rings. The molecule has 0 saturated heterocycles. The lowest BCUT2D eigenvalue weighted by Gasteiger charge is -2.10. The number of furan rings is 1. The molecule has 0 saturated carbocycles. The number of aromatic nitrogens is 3. The van der Waals surface area contributed by atoms with E-state index in [0.29, 0.717) is 47.0 Å². The van der Waals surface area contributed by atoms with Gasteiger partial charge < -0.3 is 9.52 Å². The molecule has 7 heteroatoms. The summed E-state index contributed by atoms with van der Waals surface area (Å²) in [7, 11) is 0. The lowest BCUT2D eigenvalue weighted by Crippen LogP contribution is -2.08. The first kappa shape index (κ1) is 20.6. The highest BCUT2D eigenvalue weighted by Crippen LogP contribution is 2.26. The summed E-state index contributed by atoms with van der Waals surface area (Å²) in [6.45, 7) is 0. The van der Waals surface area contributed by atoms with Crippen molar-refractivity contribution < 1.29 is 18.7 Å². The largest absolute Gasteiger partial charge is 0.481 e. The second-order valence-electron chi connectivity index (χ2n) is 7.77. The van der Waals surface area contributed by atoms with Crippen LogP contribution in [0.3, 0.4) is 0 Å². The number of imidazole rings is 1. The molecule has 5 rings (SSSR count). The average molecular weight is 441 g/mol. The number of hydrogen-bond donors (Lipinski definition) is 1. The van der Waals surface area contributed by atoms with Gasteiger partial charge in [0.15, 0.2) is 5.65 Å². The molecule has 1 N–H and O–H groups in total. The van der Waals surface area contributed by atoms with Gasteiger partial charge in [-0.2, -0.15) is 0 Å². The molecule has 0 radical (unpaired) electrons. The van der Waals surface area contributed by atoms with Crippen LogP contribution < -0.4 is 0 Å². The number of aliphatic carboxylic acids is 1. The van der Waals surface area contributed by atoms with Crippen LogP contribution in [-0.2, 0) is 24.1 Å². The van der Waals surface area contributed by atoms with Gasteiger partial charge in [-0.25, -0.2) is 14.4 Å². The second-order valence-corrected chi connectivity index (χ2v) is 7.77. The fourth-order valence-electron chi connectivity index (χ4n) is 3.96. The van der Waals surface area contributed by atoms with E-state index in [1.54, 1.807) is 22.8 Å². The average Bonchev–Trinajstić information content (AvgIpc) is 3.43. The van der Waals surface area contributed by atoms with Crippen molar-refractivity contribution in [3.63, 3.8) is 0 Å². The molecule has 0 atom stereocenters. The summed E-state index contributed by atoms with van der Waals surface area (Å²) in [5.41, 5.74) is 4.69. The van der Waals surface area contributed by atoms with E-state index in [4.69, 9.17) is 14.4 Å². The molecule has 0 bridgehead atoms. The Hall–Kier alpha value is -4.26. The van der Waals surface area contributed by atoms with Crippen molar-refractivity contribution in [2.45, 2.75) is 19.3 Å². The van der Waals surface area contributed by atoms with Crippen molar-refractivity contribution in [3.05, 3.63) is 113 Å². The first-order valence-electron chi connectivity index (χ1n) is 10.5. The first-order valence-corrected chi connectivity index (χ1v) is 10.5. The number of nitrogens with zero attached hydrogens (tertiary/aromatic N) is 3. The fraction of sp³-hybridized carbons (Fsp3) is 0.115. The molecule has 0 aliphatic carbocycles. The summed E-state index contributed by atoms with van der Waals surface area (Å²) in [5.74, 6) is -0.591. The van der Waals surface area contributed by atoms with E-state index in [0.717, 1.165) is 11.1 Å². The van der Waals surface area contributed by atoms with E-state index in [1.807, 2.05) is 48.7 Å². The third-order valence-corrected chi connectivity index (χ3v) is 5.43. The maximum Gasteiger partial charge on any atom is 0.309 e. The van der Waals surface area contributed by atoms with Crippen molar-refractivity contribution in [1.82, 2.24) is 14.4 Å².